The number of aromatic nitrogens is 2. The lowest BCUT2D eigenvalue weighted by Crippen LogP contribution is -2.38. The van der Waals surface area contributed by atoms with Crippen molar-refractivity contribution in [1.29, 1.82) is 0 Å². The number of carbonyl (C=O) groups excluding carboxylic acids is 1. The molecule has 8 heteroatoms. The summed E-state index contributed by atoms with van der Waals surface area (Å²) < 4.78 is 2.28. The topological polar surface area (TPSA) is 74.6 Å². The first-order valence-electron chi connectivity index (χ1n) is 11.4. The van der Waals surface area contributed by atoms with Gasteiger partial charge in [-0.2, -0.15) is 0 Å². The van der Waals surface area contributed by atoms with Crippen LogP contribution in [-0.4, -0.2) is 59.0 Å². The van der Waals surface area contributed by atoms with E-state index in [1.807, 2.05) is 11.0 Å². The molecule has 172 valence electrons. The Labute approximate surface area is 203 Å². The second kappa shape index (κ2) is 13.5. The van der Waals surface area contributed by atoms with Gasteiger partial charge >= 0.3 is 0 Å². The molecule has 0 atom stereocenters. The van der Waals surface area contributed by atoms with Crippen LogP contribution in [0.3, 0.4) is 0 Å². The maximum atomic E-state index is 12.1. The second-order valence-electron chi connectivity index (χ2n) is 7.89. The molecule has 0 saturated carbocycles. The van der Waals surface area contributed by atoms with Crippen molar-refractivity contribution in [2.75, 3.05) is 32.7 Å². The van der Waals surface area contributed by atoms with Crippen LogP contribution in [0.5, 0.6) is 0 Å². The van der Waals surface area contributed by atoms with Crippen LogP contribution in [0.1, 0.15) is 51.3 Å². The Morgan fingerprint density at radius 1 is 1.13 bits per heavy atom. The lowest BCUT2D eigenvalue weighted by atomic mass is 10.2. The molecular weight excluding hydrogens is 503 g/mol. The number of rotatable bonds is 9. The van der Waals surface area contributed by atoms with E-state index in [1.165, 1.54) is 11.9 Å². The van der Waals surface area contributed by atoms with Gasteiger partial charge in [0.2, 0.25) is 5.91 Å². The molecule has 2 aromatic rings. The van der Waals surface area contributed by atoms with Crippen LogP contribution >= 0.6 is 24.0 Å². The van der Waals surface area contributed by atoms with E-state index in [-0.39, 0.29) is 24.0 Å². The molecule has 0 unspecified atom stereocenters. The van der Waals surface area contributed by atoms with Gasteiger partial charge in [-0.1, -0.05) is 18.6 Å². The molecule has 1 saturated heterocycles. The van der Waals surface area contributed by atoms with Crippen molar-refractivity contribution in [3.63, 3.8) is 0 Å². The summed E-state index contributed by atoms with van der Waals surface area (Å²) in [4.78, 5) is 23.4. The van der Waals surface area contributed by atoms with Crippen molar-refractivity contribution in [2.24, 2.45) is 4.99 Å². The molecule has 0 aliphatic carbocycles. The van der Waals surface area contributed by atoms with E-state index in [9.17, 15) is 4.79 Å². The Morgan fingerprint density at radius 3 is 2.81 bits per heavy atom. The van der Waals surface area contributed by atoms with Gasteiger partial charge in [-0.25, -0.2) is 4.98 Å². The average molecular weight is 540 g/mol. The number of para-hydroxylation sites is 2. The number of amides is 1. The maximum Gasteiger partial charge on any atom is 0.222 e. The maximum absolute atomic E-state index is 12.1. The summed E-state index contributed by atoms with van der Waals surface area (Å²) in [5, 5.41) is 6.75. The third-order valence-corrected chi connectivity index (χ3v) is 5.57. The normalized spacial score (nSPS) is 15.0. The Hall–Kier alpha value is -1.84. The molecule has 0 radical (unpaired) electrons. The number of hydrogen-bond donors (Lipinski definition) is 2. The predicted octanol–water partition coefficient (Wildman–Crippen LogP) is 3.70. The van der Waals surface area contributed by atoms with Crippen molar-refractivity contribution in [1.82, 2.24) is 25.1 Å². The van der Waals surface area contributed by atoms with Crippen LogP contribution < -0.4 is 10.6 Å². The second-order valence-corrected chi connectivity index (χ2v) is 7.89. The summed E-state index contributed by atoms with van der Waals surface area (Å²) in [6.45, 7) is 9.20. The molecular formula is C23H37IN6O. The number of imidazole rings is 1. The zero-order chi connectivity index (χ0) is 21.2. The minimum atomic E-state index is 0. The van der Waals surface area contributed by atoms with E-state index in [0.717, 1.165) is 82.3 Å². The molecule has 7 nitrogen and oxygen atoms in total. The van der Waals surface area contributed by atoms with E-state index >= 15 is 0 Å². The van der Waals surface area contributed by atoms with Crippen molar-refractivity contribution < 1.29 is 4.79 Å². The summed E-state index contributed by atoms with van der Waals surface area (Å²) in [7, 11) is 0. The van der Waals surface area contributed by atoms with Gasteiger partial charge in [0.15, 0.2) is 5.96 Å². The highest BCUT2D eigenvalue weighted by Gasteiger charge is 2.15. The van der Waals surface area contributed by atoms with E-state index in [0.29, 0.717) is 12.3 Å². The largest absolute Gasteiger partial charge is 0.357 e. The van der Waals surface area contributed by atoms with E-state index < -0.39 is 0 Å². The quantitative estimate of drug-likeness (QED) is 0.220. The number of halogens is 1. The molecule has 0 spiro atoms. The molecule has 3 rings (SSSR count). The fourth-order valence-electron chi connectivity index (χ4n) is 3.99. The fraction of sp³-hybridized carbons (Fsp3) is 0.609. The van der Waals surface area contributed by atoms with E-state index in [1.54, 1.807) is 0 Å². The molecule has 2 N–H and O–H groups in total. The number of carbonyl (C=O) groups is 1. The van der Waals surface area contributed by atoms with Crippen LogP contribution in [0, 0.1) is 6.92 Å². The third kappa shape index (κ3) is 7.66. The molecule has 1 aromatic heterocycles. The molecule has 1 fully saturated rings. The number of likely N-dealkylation sites (tertiary alicyclic amines) is 1. The first-order valence-corrected chi connectivity index (χ1v) is 11.4. The van der Waals surface area contributed by atoms with Crippen LogP contribution in [0.25, 0.3) is 11.0 Å². The van der Waals surface area contributed by atoms with E-state index in [4.69, 9.17) is 0 Å². The molecule has 1 aromatic carbocycles. The highest BCUT2D eigenvalue weighted by molar-refractivity contribution is 14.0. The lowest BCUT2D eigenvalue weighted by Gasteiger charge is -2.20. The molecule has 0 bridgehead atoms. The number of aryl methyl sites for hydroxylation is 2. The highest BCUT2D eigenvalue weighted by Crippen LogP contribution is 2.15. The van der Waals surface area contributed by atoms with Gasteiger partial charge in [0.05, 0.1) is 11.0 Å². The zero-order valence-electron chi connectivity index (χ0n) is 18.9. The monoisotopic (exact) mass is 540 g/mol. The summed E-state index contributed by atoms with van der Waals surface area (Å²) in [6.07, 6.45) is 5.94. The summed E-state index contributed by atoms with van der Waals surface area (Å²) in [6, 6.07) is 8.28. The molecule has 1 aliphatic rings. The number of fused-ring (bicyclic) bond motifs is 1. The molecule has 2 heterocycles. The Balaban J connectivity index is 0.00000341. The average Bonchev–Trinajstić information content (AvgIpc) is 2.91. The molecule has 1 amide bonds. The summed E-state index contributed by atoms with van der Waals surface area (Å²) >= 11 is 0. The van der Waals surface area contributed by atoms with Crippen LogP contribution in [0.4, 0.5) is 0 Å². The van der Waals surface area contributed by atoms with Crippen LogP contribution in [0.15, 0.2) is 29.3 Å². The third-order valence-electron chi connectivity index (χ3n) is 5.57. The first kappa shape index (κ1) is 25.4. The predicted molar refractivity (Wildman–Crippen MR) is 138 cm³/mol. The minimum absolute atomic E-state index is 0. The van der Waals surface area contributed by atoms with Gasteiger partial charge in [0, 0.05) is 45.7 Å². The minimum Gasteiger partial charge on any atom is -0.357 e. The van der Waals surface area contributed by atoms with Crippen molar-refractivity contribution in [2.45, 2.75) is 58.9 Å². The van der Waals surface area contributed by atoms with Crippen LogP contribution in [-0.2, 0) is 11.3 Å². The first-order chi connectivity index (χ1) is 14.7. The molecule has 31 heavy (non-hydrogen) atoms. The van der Waals surface area contributed by atoms with Crippen molar-refractivity contribution in [3.05, 3.63) is 30.1 Å². The highest BCUT2D eigenvalue weighted by atomic mass is 127. The standard InChI is InChI=1S/C23H36N6O.HI/c1-3-24-23(25-14-9-17-28-16-8-4-5-13-22(28)30)26-15-10-18-29-19(2)27-20-11-6-7-12-21(20)29;/h6-7,11-12H,3-5,8-10,13-18H2,1-2H3,(H2,24,25,26);1H. The van der Waals surface area contributed by atoms with Crippen molar-refractivity contribution in [3.8, 4) is 0 Å². The zero-order valence-corrected chi connectivity index (χ0v) is 21.2. The SMILES string of the molecule is CCNC(=NCCCN1CCCCCC1=O)NCCCn1c(C)nc2ccccc21.I. The van der Waals surface area contributed by atoms with Gasteiger partial charge < -0.3 is 20.1 Å². The number of hydrogen-bond acceptors (Lipinski definition) is 3. The van der Waals surface area contributed by atoms with Gasteiger partial charge in [0.1, 0.15) is 5.82 Å². The van der Waals surface area contributed by atoms with Gasteiger partial charge in [0.25, 0.3) is 0 Å². The summed E-state index contributed by atoms with van der Waals surface area (Å²) in [5.74, 6) is 2.22. The van der Waals surface area contributed by atoms with Crippen molar-refractivity contribution >= 4 is 46.9 Å². The number of nitrogens with zero attached hydrogens (tertiary/aromatic N) is 4. The molecule has 1 aliphatic heterocycles. The van der Waals surface area contributed by atoms with Gasteiger partial charge in [-0.3, -0.25) is 9.79 Å². The van der Waals surface area contributed by atoms with Crippen LogP contribution in [0.2, 0.25) is 0 Å². The summed E-state index contributed by atoms with van der Waals surface area (Å²) in [5.41, 5.74) is 2.25. The number of aliphatic imine (C=N–C) groups is 1. The lowest BCUT2D eigenvalue weighted by molar-refractivity contribution is -0.130. The Morgan fingerprint density at radius 2 is 1.97 bits per heavy atom. The number of guanidine groups is 1. The smallest absolute Gasteiger partial charge is 0.222 e. The van der Waals surface area contributed by atoms with Gasteiger partial charge in [-0.15, -0.1) is 24.0 Å². The fourth-order valence-corrected chi connectivity index (χ4v) is 3.99. The Bertz CT molecular complexity index is 850. The number of benzene rings is 1. The number of nitrogens with one attached hydrogen (secondary N) is 2. The van der Waals surface area contributed by atoms with E-state index in [2.05, 4.69) is 57.2 Å². The Kier molecular flexibility index (Phi) is 11.1. The van der Waals surface area contributed by atoms with Gasteiger partial charge in [-0.05, 0) is 51.7 Å².